The molecule has 0 atom stereocenters. The van der Waals surface area contributed by atoms with Crippen LogP contribution >= 0.6 is 0 Å². The Morgan fingerprint density at radius 2 is 1.94 bits per heavy atom. The van der Waals surface area contributed by atoms with E-state index in [1.54, 1.807) is 0 Å². The minimum atomic E-state index is 0.0918. The van der Waals surface area contributed by atoms with Gasteiger partial charge in [-0.3, -0.25) is 9.69 Å². The number of nitrogens with zero attached hydrogens (tertiary/aromatic N) is 1. The summed E-state index contributed by atoms with van der Waals surface area (Å²) in [6.45, 7) is 6.93. The molecule has 3 N–H and O–H groups in total. The molecule has 0 bridgehead atoms. The molecule has 4 nitrogen and oxygen atoms in total. The van der Waals surface area contributed by atoms with Crippen molar-refractivity contribution in [1.82, 2.24) is 10.2 Å². The molecule has 0 heterocycles. The van der Waals surface area contributed by atoms with Gasteiger partial charge in [0.15, 0.2) is 0 Å². The van der Waals surface area contributed by atoms with Gasteiger partial charge in [0.2, 0.25) is 5.91 Å². The molecular weight excluding hydrogens is 226 g/mol. The number of anilines is 1. The first-order chi connectivity index (χ1) is 8.65. The molecule has 1 rings (SSSR count). The van der Waals surface area contributed by atoms with Crippen LogP contribution in [0.1, 0.15) is 25.8 Å². The van der Waals surface area contributed by atoms with E-state index in [1.165, 1.54) is 5.56 Å². The summed E-state index contributed by atoms with van der Waals surface area (Å²) in [5.41, 5.74) is 7.59. The fourth-order valence-corrected chi connectivity index (χ4v) is 1.68. The average Bonchev–Trinajstić information content (AvgIpc) is 2.38. The molecule has 0 aliphatic heterocycles. The second kappa shape index (κ2) is 7.71. The van der Waals surface area contributed by atoms with Crippen LogP contribution < -0.4 is 11.1 Å². The van der Waals surface area contributed by atoms with Gasteiger partial charge < -0.3 is 11.1 Å². The summed E-state index contributed by atoms with van der Waals surface area (Å²) in [6.07, 6.45) is 0.968. The lowest BCUT2D eigenvalue weighted by atomic mass is 10.2. The third-order valence-electron chi connectivity index (χ3n) is 2.77. The quantitative estimate of drug-likeness (QED) is 0.722. The van der Waals surface area contributed by atoms with Gasteiger partial charge in [-0.2, -0.15) is 0 Å². The molecule has 0 aliphatic rings. The van der Waals surface area contributed by atoms with Crippen LogP contribution in [0.4, 0.5) is 5.69 Å². The van der Waals surface area contributed by atoms with E-state index in [0.29, 0.717) is 6.54 Å². The van der Waals surface area contributed by atoms with E-state index in [1.807, 2.05) is 31.2 Å². The highest BCUT2D eigenvalue weighted by Gasteiger charge is 2.08. The van der Waals surface area contributed by atoms with E-state index in [-0.39, 0.29) is 5.91 Å². The summed E-state index contributed by atoms with van der Waals surface area (Å²) < 4.78 is 0. The number of amides is 1. The van der Waals surface area contributed by atoms with E-state index >= 15 is 0 Å². The molecule has 0 unspecified atom stereocenters. The number of hydrogen-bond acceptors (Lipinski definition) is 3. The summed E-state index contributed by atoms with van der Waals surface area (Å²) >= 11 is 0. The number of nitrogen functional groups attached to an aromatic ring is 1. The van der Waals surface area contributed by atoms with Crippen molar-refractivity contribution in [3.63, 3.8) is 0 Å². The summed E-state index contributed by atoms with van der Waals surface area (Å²) in [7, 11) is 0. The third-order valence-corrected chi connectivity index (χ3v) is 2.77. The first-order valence-corrected chi connectivity index (χ1v) is 6.49. The summed E-state index contributed by atoms with van der Waals surface area (Å²) in [5, 5.41) is 2.89. The van der Waals surface area contributed by atoms with Crippen LogP contribution in [0.5, 0.6) is 0 Å². The fraction of sp³-hybridized carbons (Fsp3) is 0.500. The van der Waals surface area contributed by atoms with Gasteiger partial charge in [0, 0.05) is 18.8 Å². The van der Waals surface area contributed by atoms with Crippen molar-refractivity contribution in [1.29, 1.82) is 0 Å². The maximum Gasteiger partial charge on any atom is 0.234 e. The lowest BCUT2D eigenvalue weighted by Crippen LogP contribution is -2.37. The fourth-order valence-electron chi connectivity index (χ4n) is 1.68. The zero-order valence-electron chi connectivity index (χ0n) is 11.3. The molecule has 4 heteroatoms. The number of nitrogens with one attached hydrogen (secondary N) is 1. The van der Waals surface area contributed by atoms with Crippen LogP contribution in [0.15, 0.2) is 24.3 Å². The highest BCUT2D eigenvalue weighted by atomic mass is 16.2. The monoisotopic (exact) mass is 249 g/mol. The van der Waals surface area contributed by atoms with Crippen LogP contribution in [-0.4, -0.2) is 30.4 Å². The number of rotatable bonds is 7. The molecule has 0 aliphatic carbocycles. The van der Waals surface area contributed by atoms with Crippen molar-refractivity contribution in [3.05, 3.63) is 29.8 Å². The molecule has 1 aromatic carbocycles. The predicted octanol–water partition coefficient (Wildman–Crippen LogP) is 1.62. The number of likely N-dealkylation sites (N-methyl/N-ethyl adjacent to an activating group) is 1. The van der Waals surface area contributed by atoms with Gasteiger partial charge >= 0.3 is 0 Å². The predicted molar refractivity (Wildman–Crippen MR) is 75.1 cm³/mol. The van der Waals surface area contributed by atoms with Crippen molar-refractivity contribution in [3.8, 4) is 0 Å². The molecule has 0 radical (unpaired) electrons. The number of hydrogen-bond donors (Lipinski definition) is 2. The van der Waals surface area contributed by atoms with E-state index in [0.717, 1.165) is 31.7 Å². The van der Waals surface area contributed by atoms with Gasteiger partial charge in [0.25, 0.3) is 0 Å². The van der Waals surface area contributed by atoms with Crippen molar-refractivity contribution in [2.75, 3.05) is 25.4 Å². The largest absolute Gasteiger partial charge is 0.399 e. The normalized spacial score (nSPS) is 10.6. The molecule has 0 saturated carbocycles. The van der Waals surface area contributed by atoms with Crippen molar-refractivity contribution in [2.24, 2.45) is 0 Å². The second-order valence-electron chi connectivity index (χ2n) is 4.39. The Labute approximate surface area is 109 Å². The summed E-state index contributed by atoms with van der Waals surface area (Å²) in [5.74, 6) is 0.0918. The van der Waals surface area contributed by atoms with Crippen LogP contribution in [0.2, 0.25) is 0 Å². The molecule has 0 aromatic heterocycles. The van der Waals surface area contributed by atoms with Gasteiger partial charge in [-0.15, -0.1) is 0 Å². The Kier molecular flexibility index (Phi) is 6.22. The topological polar surface area (TPSA) is 58.4 Å². The molecule has 0 saturated heterocycles. The summed E-state index contributed by atoms with van der Waals surface area (Å²) in [4.78, 5) is 13.8. The lowest BCUT2D eigenvalue weighted by Gasteiger charge is -2.19. The van der Waals surface area contributed by atoms with Crippen molar-refractivity contribution < 1.29 is 4.79 Å². The number of benzene rings is 1. The van der Waals surface area contributed by atoms with E-state index in [2.05, 4.69) is 17.1 Å². The Bertz CT molecular complexity index is 362. The van der Waals surface area contributed by atoms with Crippen LogP contribution in [-0.2, 0) is 11.3 Å². The smallest absolute Gasteiger partial charge is 0.234 e. The highest BCUT2D eigenvalue weighted by molar-refractivity contribution is 5.77. The Hall–Kier alpha value is -1.55. The van der Waals surface area contributed by atoms with Crippen LogP contribution in [0.3, 0.4) is 0 Å². The Morgan fingerprint density at radius 1 is 1.28 bits per heavy atom. The summed E-state index contributed by atoms with van der Waals surface area (Å²) in [6, 6.07) is 7.78. The van der Waals surface area contributed by atoms with Gasteiger partial charge in [-0.1, -0.05) is 26.0 Å². The average molecular weight is 249 g/mol. The number of carbonyl (C=O) groups excluding carboxylic acids is 1. The molecule has 100 valence electrons. The highest BCUT2D eigenvalue weighted by Crippen LogP contribution is 2.08. The molecule has 0 spiro atoms. The van der Waals surface area contributed by atoms with E-state index in [9.17, 15) is 4.79 Å². The number of carbonyl (C=O) groups is 1. The van der Waals surface area contributed by atoms with Crippen LogP contribution in [0.25, 0.3) is 0 Å². The molecule has 18 heavy (non-hydrogen) atoms. The first kappa shape index (κ1) is 14.5. The SMILES string of the molecule is CCCNC(=O)CN(CC)Cc1ccc(N)cc1. The Morgan fingerprint density at radius 3 is 2.50 bits per heavy atom. The third kappa shape index (κ3) is 5.19. The van der Waals surface area contributed by atoms with E-state index in [4.69, 9.17) is 5.73 Å². The first-order valence-electron chi connectivity index (χ1n) is 6.49. The lowest BCUT2D eigenvalue weighted by molar-refractivity contribution is -0.122. The van der Waals surface area contributed by atoms with Gasteiger partial charge in [-0.05, 0) is 30.7 Å². The second-order valence-corrected chi connectivity index (χ2v) is 4.39. The maximum absolute atomic E-state index is 11.6. The zero-order chi connectivity index (χ0) is 13.4. The standard InChI is InChI=1S/C14H23N3O/c1-3-9-16-14(18)11-17(4-2)10-12-5-7-13(15)8-6-12/h5-8H,3-4,9-11,15H2,1-2H3,(H,16,18). The van der Waals surface area contributed by atoms with Gasteiger partial charge in [0.1, 0.15) is 0 Å². The van der Waals surface area contributed by atoms with Crippen LogP contribution in [0, 0.1) is 0 Å². The Balaban J connectivity index is 2.46. The van der Waals surface area contributed by atoms with Crippen molar-refractivity contribution in [2.45, 2.75) is 26.8 Å². The minimum Gasteiger partial charge on any atom is -0.399 e. The minimum absolute atomic E-state index is 0.0918. The number of nitrogens with two attached hydrogens (primary N) is 1. The molecule has 0 fully saturated rings. The molecular formula is C14H23N3O. The molecule has 1 amide bonds. The molecule has 1 aromatic rings. The van der Waals surface area contributed by atoms with E-state index < -0.39 is 0 Å². The zero-order valence-corrected chi connectivity index (χ0v) is 11.3. The van der Waals surface area contributed by atoms with Gasteiger partial charge in [-0.25, -0.2) is 0 Å². The van der Waals surface area contributed by atoms with Gasteiger partial charge in [0.05, 0.1) is 6.54 Å². The van der Waals surface area contributed by atoms with Crippen molar-refractivity contribution >= 4 is 11.6 Å². The maximum atomic E-state index is 11.6.